The summed E-state index contributed by atoms with van der Waals surface area (Å²) in [6.07, 6.45) is 3.87. The molecule has 16 heavy (non-hydrogen) atoms. The fourth-order valence-electron chi connectivity index (χ4n) is 3.04. The van der Waals surface area contributed by atoms with Gasteiger partial charge in [-0.3, -0.25) is 0 Å². The van der Waals surface area contributed by atoms with Crippen molar-refractivity contribution in [3.8, 4) is 0 Å². The minimum Gasteiger partial charge on any atom is -0.367 e. The second-order valence-corrected chi connectivity index (χ2v) is 5.08. The number of fused-ring (bicyclic) bond motifs is 1. The second kappa shape index (κ2) is 4.10. The lowest BCUT2D eigenvalue weighted by Crippen LogP contribution is -2.40. The molecule has 1 aromatic carbocycles. The maximum atomic E-state index is 3.47. The molecule has 2 aliphatic heterocycles. The third-order valence-corrected chi connectivity index (χ3v) is 3.86. The topological polar surface area (TPSA) is 15.3 Å². The summed E-state index contributed by atoms with van der Waals surface area (Å²) < 4.78 is 0. The zero-order valence-corrected chi connectivity index (χ0v) is 10.00. The van der Waals surface area contributed by atoms with E-state index in [0.717, 1.165) is 12.6 Å². The number of aryl methyl sites for hydroxylation is 2. The van der Waals surface area contributed by atoms with Crippen LogP contribution < -0.4 is 10.2 Å². The van der Waals surface area contributed by atoms with Crippen LogP contribution in [0.2, 0.25) is 0 Å². The molecule has 1 fully saturated rings. The normalized spacial score (nSPS) is 24.6. The van der Waals surface area contributed by atoms with E-state index in [0.29, 0.717) is 0 Å². The van der Waals surface area contributed by atoms with Crippen molar-refractivity contribution in [2.24, 2.45) is 0 Å². The molecule has 1 aromatic rings. The Kier molecular flexibility index (Phi) is 2.60. The predicted octanol–water partition coefficient (Wildman–Crippen LogP) is 2.11. The van der Waals surface area contributed by atoms with E-state index in [2.05, 4.69) is 35.3 Å². The van der Waals surface area contributed by atoms with E-state index in [4.69, 9.17) is 0 Å². The van der Waals surface area contributed by atoms with Crippen LogP contribution in [0.15, 0.2) is 18.2 Å². The van der Waals surface area contributed by atoms with Crippen molar-refractivity contribution in [1.82, 2.24) is 5.32 Å². The van der Waals surface area contributed by atoms with Gasteiger partial charge in [0.05, 0.1) is 0 Å². The quantitative estimate of drug-likeness (QED) is 0.773. The highest BCUT2D eigenvalue weighted by Gasteiger charge is 2.26. The molecule has 2 aliphatic rings. The number of nitrogens with zero attached hydrogens (tertiary/aromatic N) is 1. The number of anilines is 1. The molecule has 86 valence electrons. The van der Waals surface area contributed by atoms with Crippen molar-refractivity contribution in [2.75, 3.05) is 24.5 Å². The Bertz CT molecular complexity index is 380. The fourth-order valence-corrected chi connectivity index (χ4v) is 3.04. The Morgan fingerprint density at radius 3 is 3.12 bits per heavy atom. The van der Waals surface area contributed by atoms with Crippen LogP contribution in [0.4, 0.5) is 5.69 Å². The van der Waals surface area contributed by atoms with Gasteiger partial charge in [0.25, 0.3) is 0 Å². The summed E-state index contributed by atoms with van der Waals surface area (Å²) in [5.74, 6) is 0. The van der Waals surface area contributed by atoms with Crippen LogP contribution in [-0.4, -0.2) is 25.7 Å². The third kappa shape index (κ3) is 1.71. The van der Waals surface area contributed by atoms with Gasteiger partial charge in [-0.1, -0.05) is 17.7 Å². The van der Waals surface area contributed by atoms with Crippen LogP contribution in [0, 0.1) is 6.92 Å². The zero-order valence-electron chi connectivity index (χ0n) is 10.00. The Balaban J connectivity index is 1.93. The summed E-state index contributed by atoms with van der Waals surface area (Å²) in [6.45, 7) is 5.77. The molecule has 1 saturated heterocycles. The number of hydrogen-bond acceptors (Lipinski definition) is 2. The molecule has 1 unspecified atom stereocenters. The summed E-state index contributed by atoms with van der Waals surface area (Å²) in [7, 11) is 0. The molecule has 0 spiro atoms. The average molecular weight is 216 g/mol. The molecule has 0 aromatic heterocycles. The Hall–Kier alpha value is -1.02. The Labute approximate surface area is 97.6 Å². The van der Waals surface area contributed by atoms with Gasteiger partial charge in [-0.15, -0.1) is 0 Å². The maximum absolute atomic E-state index is 3.47. The first-order valence-corrected chi connectivity index (χ1v) is 6.41. The van der Waals surface area contributed by atoms with Crippen molar-refractivity contribution in [1.29, 1.82) is 0 Å². The minimum atomic E-state index is 0.724. The van der Waals surface area contributed by atoms with Crippen molar-refractivity contribution in [3.63, 3.8) is 0 Å². The molecular formula is C14H20N2. The van der Waals surface area contributed by atoms with Crippen LogP contribution in [0.3, 0.4) is 0 Å². The molecule has 0 saturated carbocycles. The first-order chi connectivity index (χ1) is 7.84. The van der Waals surface area contributed by atoms with Crippen LogP contribution >= 0.6 is 0 Å². The predicted molar refractivity (Wildman–Crippen MR) is 68.1 cm³/mol. The zero-order chi connectivity index (χ0) is 11.0. The monoisotopic (exact) mass is 216 g/mol. The molecule has 0 bridgehead atoms. The van der Waals surface area contributed by atoms with Gasteiger partial charge in [-0.25, -0.2) is 0 Å². The van der Waals surface area contributed by atoms with Crippen LogP contribution in [0.5, 0.6) is 0 Å². The van der Waals surface area contributed by atoms with Crippen LogP contribution in [-0.2, 0) is 6.42 Å². The van der Waals surface area contributed by atoms with E-state index < -0.39 is 0 Å². The highest BCUT2D eigenvalue weighted by molar-refractivity contribution is 5.57. The Morgan fingerprint density at radius 2 is 2.31 bits per heavy atom. The molecule has 0 aliphatic carbocycles. The summed E-state index contributed by atoms with van der Waals surface area (Å²) in [5, 5.41) is 3.47. The van der Waals surface area contributed by atoms with Gasteiger partial charge < -0.3 is 10.2 Å². The number of benzene rings is 1. The molecular weight excluding hydrogens is 196 g/mol. The molecule has 1 atom stereocenters. The summed E-state index contributed by atoms with van der Waals surface area (Å²) in [5.41, 5.74) is 4.44. The lowest BCUT2D eigenvalue weighted by molar-refractivity contribution is 0.591. The largest absolute Gasteiger partial charge is 0.367 e. The molecule has 2 nitrogen and oxygen atoms in total. The van der Waals surface area contributed by atoms with Crippen LogP contribution in [0.25, 0.3) is 0 Å². The number of hydrogen-bond donors (Lipinski definition) is 1. The van der Waals surface area contributed by atoms with E-state index in [-0.39, 0.29) is 0 Å². The lowest BCUT2D eigenvalue weighted by Gasteiger charge is -2.36. The maximum Gasteiger partial charge on any atom is 0.0426 e. The molecule has 1 N–H and O–H groups in total. The minimum absolute atomic E-state index is 0.724. The first-order valence-electron chi connectivity index (χ1n) is 6.41. The second-order valence-electron chi connectivity index (χ2n) is 5.08. The van der Waals surface area contributed by atoms with E-state index >= 15 is 0 Å². The van der Waals surface area contributed by atoms with Gasteiger partial charge in [0.2, 0.25) is 0 Å². The standard InChI is InChI=1S/C14H20N2/c1-11-4-5-14-12(9-11)3-2-8-16(14)13-6-7-15-10-13/h4-5,9,13,15H,2-3,6-8,10H2,1H3. The van der Waals surface area contributed by atoms with E-state index in [1.54, 1.807) is 5.56 Å². The molecule has 0 radical (unpaired) electrons. The van der Waals surface area contributed by atoms with Gasteiger partial charge in [0.1, 0.15) is 0 Å². The summed E-state index contributed by atoms with van der Waals surface area (Å²) >= 11 is 0. The van der Waals surface area contributed by atoms with Gasteiger partial charge in [0.15, 0.2) is 0 Å². The lowest BCUT2D eigenvalue weighted by atomic mass is 9.98. The first kappa shape index (κ1) is 10.2. The SMILES string of the molecule is Cc1ccc2c(c1)CCCN2C1CCNC1. The van der Waals surface area contributed by atoms with Gasteiger partial charge >= 0.3 is 0 Å². The van der Waals surface area contributed by atoms with Crippen molar-refractivity contribution in [3.05, 3.63) is 29.3 Å². The van der Waals surface area contributed by atoms with Gasteiger partial charge in [0, 0.05) is 24.8 Å². The van der Waals surface area contributed by atoms with Crippen molar-refractivity contribution < 1.29 is 0 Å². The summed E-state index contributed by atoms with van der Waals surface area (Å²) in [6, 6.07) is 7.66. The van der Waals surface area contributed by atoms with E-state index in [1.165, 1.54) is 43.6 Å². The molecule has 3 rings (SSSR count). The smallest absolute Gasteiger partial charge is 0.0426 e. The number of nitrogens with one attached hydrogen (secondary N) is 1. The van der Waals surface area contributed by atoms with Crippen molar-refractivity contribution >= 4 is 5.69 Å². The van der Waals surface area contributed by atoms with Crippen LogP contribution in [0.1, 0.15) is 24.0 Å². The van der Waals surface area contributed by atoms with Crippen molar-refractivity contribution in [2.45, 2.75) is 32.2 Å². The third-order valence-electron chi connectivity index (χ3n) is 3.86. The highest BCUT2D eigenvalue weighted by Crippen LogP contribution is 2.30. The summed E-state index contributed by atoms with van der Waals surface area (Å²) in [4.78, 5) is 2.62. The number of rotatable bonds is 1. The Morgan fingerprint density at radius 1 is 1.38 bits per heavy atom. The average Bonchev–Trinajstić information content (AvgIpc) is 2.81. The van der Waals surface area contributed by atoms with E-state index in [1.807, 2.05) is 0 Å². The molecule has 2 heteroatoms. The van der Waals surface area contributed by atoms with E-state index in [9.17, 15) is 0 Å². The van der Waals surface area contributed by atoms with Gasteiger partial charge in [-0.2, -0.15) is 0 Å². The van der Waals surface area contributed by atoms with Gasteiger partial charge in [-0.05, 0) is 44.4 Å². The molecule has 2 heterocycles. The molecule has 0 amide bonds. The highest BCUT2D eigenvalue weighted by atomic mass is 15.2. The fraction of sp³-hybridized carbons (Fsp3) is 0.571.